The monoisotopic (exact) mass is 394 g/mol. The number of carbonyl (C=O) groups excluding carboxylic acids is 3. The summed E-state index contributed by atoms with van der Waals surface area (Å²) in [6, 6.07) is 11.9. The van der Waals surface area contributed by atoms with Crippen LogP contribution in [0.3, 0.4) is 0 Å². The van der Waals surface area contributed by atoms with Gasteiger partial charge in [-0.1, -0.05) is 12.1 Å². The van der Waals surface area contributed by atoms with E-state index in [2.05, 4.69) is 0 Å². The van der Waals surface area contributed by atoms with Gasteiger partial charge in [0.25, 0.3) is 17.7 Å². The molecule has 2 aliphatic heterocycles. The lowest BCUT2D eigenvalue weighted by atomic mass is 10.0. The van der Waals surface area contributed by atoms with Crippen LogP contribution in [-0.2, 0) is 11.3 Å². The van der Waals surface area contributed by atoms with Gasteiger partial charge in [-0.15, -0.1) is 0 Å². The maximum absolute atomic E-state index is 12.9. The number of hydrogen-bond acceptors (Lipinski definition) is 5. The predicted molar refractivity (Wildman–Crippen MR) is 105 cm³/mol. The van der Waals surface area contributed by atoms with E-state index in [4.69, 9.17) is 9.47 Å². The van der Waals surface area contributed by atoms with E-state index in [0.29, 0.717) is 30.0 Å². The first kappa shape index (κ1) is 19.1. The van der Waals surface area contributed by atoms with Crippen LogP contribution in [0.1, 0.15) is 43.1 Å². The van der Waals surface area contributed by atoms with Crippen LogP contribution in [0.15, 0.2) is 42.5 Å². The Bertz CT molecular complexity index is 970. The van der Waals surface area contributed by atoms with Gasteiger partial charge in [0.15, 0.2) is 0 Å². The largest absolute Gasteiger partial charge is 0.497 e. The molecule has 0 bridgehead atoms. The molecule has 7 nitrogen and oxygen atoms in total. The molecule has 2 aromatic carbocycles. The summed E-state index contributed by atoms with van der Waals surface area (Å²) in [6.45, 7) is 1.31. The fourth-order valence-corrected chi connectivity index (χ4v) is 3.77. The molecule has 1 saturated heterocycles. The highest BCUT2D eigenvalue weighted by Crippen LogP contribution is 2.27. The molecule has 150 valence electrons. The summed E-state index contributed by atoms with van der Waals surface area (Å²) in [6.07, 6.45) is 0.830. The maximum Gasteiger partial charge on any atom is 0.261 e. The second kappa shape index (κ2) is 7.67. The average molecular weight is 394 g/mol. The minimum Gasteiger partial charge on any atom is -0.497 e. The predicted octanol–water partition coefficient (Wildman–Crippen LogP) is 2.35. The molecule has 0 aliphatic carbocycles. The van der Waals surface area contributed by atoms with Crippen LogP contribution in [-0.4, -0.2) is 60.9 Å². The Kier molecular flexibility index (Phi) is 5.07. The van der Waals surface area contributed by atoms with E-state index in [9.17, 15) is 14.4 Å². The Hall–Kier alpha value is -3.19. The molecule has 1 atom stereocenters. The van der Waals surface area contributed by atoms with E-state index < -0.39 is 0 Å². The highest BCUT2D eigenvalue weighted by molar-refractivity contribution is 6.22. The summed E-state index contributed by atoms with van der Waals surface area (Å²) in [5.74, 6) is -0.176. The van der Waals surface area contributed by atoms with Gasteiger partial charge in [-0.05, 0) is 42.3 Å². The molecule has 0 N–H and O–H groups in total. The van der Waals surface area contributed by atoms with Crippen LogP contribution in [0.25, 0.3) is 0 Å². The second-order valence-corrected chi connectivity index (χ2v) is 7.20. The number of methoxy groups -OCH3 is 2. The Morgan fingerprint density at radius 3 is 2.41 bits per heavy atom. The molecule has 3 amide bonds. The Morgan fingerprint density at radius 1 is 1.03 bits per heavy atom. The van der Waals surface area contributed by atoms with Gasteiger partial charge in [0.2, 0.25) is 0 Å². The van der Waals surface area contributed by atoms with Crippen LogP contribution in [0.2, 0.25) is 0 Å². The maximum atomic E-state index is 12.9. The second-order valence-electron chi connectivity index (χ2n) is 7.20. The molecular weight excluding hydrogens is 372 g/mol. The molecular formula is C22H22N2O5. The van der Waals surface area contributed by atoms with E-state index in [-0.39, 0.29) is 35.9 Å². The number of rotatable bonds is 5. The summed E-state index contributed by atoms with van der Waals surface area (Å²) in [4.78, 5) is 41.3. The number of nitrogens with zero attached hydrogens (tertiary/aromatic N) is 2. The van der Waals surface area contributed by atoms with Crippen molar-refractivity contribution in [3.63, 3.8) is 0 Å². The number of fused-ring (bicyclic) bond motifs is 1. The summed E-state index contributed by atoms with van der Waals surface area (Å²) in [5, 5.41) is 0. The molecule has 2 aliphatic rings. The third-order valence-electron chi connectivity index (χ3n) is 5.48. The third kappa shape index (κ3) is 3.49. The Labute approximate surface area is 168 Å². The van der Waals surface area contributed by atoms with Crippen molar-refractivity contribution in [1.82, 2.24) is 9.80 Å². The van der Waals surface area contributed by atoms with Crippen molar-refractivity contribution in [3.05, 3.63) is 64.7 Å². The van der Waals surface area contributed by atoms with E-state index >= 15 is 0 Å². The smallest absolute Gasteiger partial charge is 0.261 e. The van der Waals surface area contributed by atoms with Crippen molar-refractivity contribution in [2.24, 2.45) is 0 Å². The van der Waals surface area contributed by atoms with Crippen molar-refractivity contribution >= 4 is 17.7 Å². The first-order valence-electron chi connectivity index (χ1n) is 9.47. The van der Waals surface area contributed by atoms with Gasteiger partial charge in [0.1, 0.15) is 5.75 Å². The zero-order chi connectivity index (χ0) is 20.5. The van der Waals surface area contributed by atoms with Gasteiger partial charge in [0, 0.05) is 25.8 Å². The summed E-state index contributed by atoms with van der Waals surface area (Å²) >= 11 is 0. The van der Waals surface area contributed by atoms with E-state index in [1.807, 2.05) is 12.1 Å². The van der Waals surface area contributed by atoms with Crippen molar-refractivity contribution in [2.45, 2.75) is 19.1 Å². The molecule has 29 heavy (non-hydrogen) atoms. The minimum absolute atomic E-state index is 0.0385. The van der Waals surface area contributed by atoms with Gasteiger partial charge >= 0.3 is 0 Å². The first-order chi connectivity index (χ1) is 14.0. The number of carbonyl (C=O) groups is 3. The molecule has 7 heteroatoms. The first-order valence-corrected chi connectivity index (χ1v) is 9.47. The standard InChI is InChI=1S/C22H22N2O5/c1-28-16-6-3-14(4-7-16)12-24-21(26)18-8-5-15(11-19(18)22(24)27)20(25)23-10-9-17(13-23)29-2/h3-8,11,17H,9-10,12-13H2,1-2H3. The lowest BCUT2D eigenvalue weighted by Crippen LogP contribution is -2.30. The summed E-state index contributed by atoms with van der Waals surface area (Å²) in [5.41, 5.74) is 1.83. The number of benzene rings is 2. The van der Waals surface area contributed by atoms with Crippen molar-refractivity contribution in [3.8, 4) is 5.75 Å². The third-order valence-corrected chi connectivity index (χ3v) is 5.48. The molecule has 2 heterocycles. The van der Waals surface area contributed by atoms with Crippen LogP contribution in [0.4, 0.5) is 0 Å². The number of amides is 3. The average Bonchev–Trinajstić information content (AvgIpc) is 3.33. The highest BCUT2D eigenvalue weighted by Gasteiger charge is 2.36. The molecule has 1 fully saturated rings. The minimum atomic E-state index is -0.383. The summed E-state index contributed by atoms with van der Waals surface area (Å²) < 4.78 is 10.4. The molecule has 0 aromatic heterocycles. The normalized spacial score (nSPS) is 18.3. The van der Waals surface area contributed by atoms with Crippen molar-refractivity contribution < 1.29 is 23.9 Å². The molecule has 1 unspecified atom stereocenters. The van der Waals surface area contributed by atoms with E-state index in [1.165, 1.54) is 11.0 Å². The van der Waals surface area contributed by atoms with Crippen LogP contribution < -0.4 is 4.74 Å². The number of hydrogen-bond donors (Lipinski definition) is 0. The van der Waals surface area contributed by atoms with Crippen LogP contribution in [0, 0.1) is 0 Å². The van der Waals surface area contributed by atoms with Gasteiger partial charge in [-0.3, -0.25) is 19.3 Å². The Morgan fingerprint density at radius 2 is 1.76 bits per heavy atom. The molecule has 0 radical (unpaired) electrons. The van der Waals surface area contributed by atoms with Gasteiger partial charge in [-0.2, -0.15) is 0 Å². The zero-order valence-corrected chi connectivity index (χ0v) is 16.4. The fourth-order valence-electron chi connectivity index (χ4n) is 3.77. The van der Waals surface area contributed by atoms with Crippen molar-refractivity contribution in [1.29, 1.82) is 0 Å². The van der Waals surface area contributed by atoms with Gasteiger partial charge in [-0.25, -0.2) is 0 Å². The topological polar surface area (TPSA) is 76.2 Å². The fraction of sp³-hybridized carbons (Fsp3) is 0.318. The molecule has 2 aromatic rings. The molecule has 0 spiro atoms. The quantitative estimate of drug-likeness (QED) is 0.728. The summed E-state index contributed by atoms with van der Waals surface area (Å²) in [7, 11) is 3.21. The molecule has 4 rings (SSSR count). The van der Waals surface area contributed by atoms with E-state index in [1.54, 1.807) is 43.4 Å². The van der Waals surface area contributed by atoms with E-state index in [0.717, 1.165) is 12.0 Å². The number of imide groups is 1. The number of ether oxygens (including phenoxy) is 2. The van der Waals surface area contributed by atoms with Crippen LogP contribution in [0.5, 0.6) is 5.75 Å². The van der Waals surface area contributed by atoms with Gasteiger partial charge in [0.05, 0.1) is 30.9 Å². The highest BCUT2D eigenvalue weighted by atomic mass is 16.5. The zero-order valence-electron chi connectivity index (χ0n) is 16.4. The SMILES string of the molecule is COc1ccc(CN2C(=O)c3ccc(C(=O)N4CCC(OC)C4)cc3C2=O)cc1. The number of likely N-dealkylation sites (tertiary alicyclic amines) is 1. The van der Waals surface area contributed by atoms with Crippen molar-refractivity contribution in [2.75, 3.05) is 27.3 Å². The molecule has 0 saturated carbocycles. The lowest BCUT2D eigenvalue weighted by molar-refractivity contribution is 0.0642. The van der Waals surface area contributed by atoms with Gasteiger partial charge < -0.3 is 14.4 Å². The van der Waals surface area contributed by atoms with Crippen LogP contribution >= 0.6 is 0 Å². The Balaban J connectivity index is 1.53. The lowest BCUT2D eigenvalue weighted by Gasteiger charge is -2.16.